The van der Waals surface area contributed by atoms with Crippen molar-refractivity contribution in [2.24, 2.45) is 4.99 Å². The molecule has 0 saturated heterocycles. The molecule has 0 aliphatic carbocycles. The van der Waals surface area contributed by atoms with Crippen LogP contribution >= 0.6 is 35.3 Å². The van der Waals surface area contributed by atoms with Gasteiger partial charge in [-0.05, 0) is 36.4 Å². The SMILES string of the molecule is CN=C(NCc1ccc(-c2nc3ccccc3s2)o1)Nc1ccc(OC)c(OC)c1.I. The molecule has 4 rings (SSSR count). The van der Waals surface area contributed by atoms with Crippen LogP contribution in [0.5, 0.6) is 11.5 Å². The zero-order valence-corrected chi connectivity index (χ0v) is 20.5. The number of fused-ring (bicyclic) bond motifs is 1. The van der Waals surface area contributed by atoms with E-state index in [1.807, 2.05) is 48.5 Å². The molecule has 2 N–H and O–H groups in total. The number of ether oxygens (including phenoxy) is 2. The number of methoxy groups -OCH3 is 2. The van der Waals surface area contributed by atoms with E-state index < -0.39 is 0 Å². The average molecular weight is 550 g/mol. The molecule has 2 heterocycles. The summed E-state index contributed by atoms with van der Waals surface area (Å²) in [6, 6.07) is 17.5. The number of aromatic nitrogens is 1. The molecule has 0 amide bonds. The highest BCUT2D eigenvalue weighted by molar-refractivity contribution is 14.0. The zero-order valence-electron chi connectivity index (χ0n) is 17.3. The highest BCUT2D eigenvalue weighted by atomic mass is 127. The Balaban J connectivity index is 0.00000272. The van der Waals surface area contributed by atoms with E-state index in [1.165, 1.54) is 0 Å². The number of thiazole rings is 1. The van der Waals surface area contributed by atoms with Gasteiger partial charge in [0.15, 0.2) is 28.2 Å². The molecule has 2 aromatic heterocycles. The van der Waals surface area contributed by atoms with Crippen LogP contribution in [0.4, 0.5) is 5.69 Å². The number of nitrogens with one attached hydrogen (secondary N) is 2. The quantitative estimate of drug-likeness (QED) is 0.191. The third kappa shape index (κ3) is 5.28. The summed E-state index contributed by atoms with van der Waals surface area (Å²) in [5.41, 5.74) is 1.81. The first-order valence-electron chi connectivity index (χ1n) is 9.34. The van der Waals surface area contributed by atoms with E-state index in [2.05, 4.69) is 26.7 Å². The second-order valence-corrected chi connectivity index (χ2v) is 7.40. The normalized spacial score (nSPS) is 11.1. The number of nitrogens with zero attached hydrogens (tertiary/aromatic N) is 2. The Labute approximate surface area is 201 Å². The van der Waals surface area contributed by atoms with Gasteiger partial charge in [-0.1, -0.05) is 12.1 Å². The average Bonchev–Trinajstić information content (AvgIpc) is 3.43. The minimum Gasteiger partial charge on any atom is -0.493 e. The first-order chi connectivity index (χ1) is 14.7. The summed E-state index contributed by atoms with van der Waals surface area (Å²) in [6.45, 7) is 0.484. The van der Waals surface area contributed by atoms with Crippen molar-refractivity contribution < 1.29 is 13.9 Å². The van der Waals surface area contributed by atoms with Crippen LogP contribution in [0.2, 0.25) is 0 Å². The van der Waals surface area contributed by atoms with Crippen LogP contribution in [0.1, 0.15) is 5.76 Å². The molecule has 162 valence electrons. The van der Waals surface area contributed by atoms with Gasteiger partial charge in [0.05, 0.1) is 31.0 Å². The van der Waals surface area contributed by atoms with E-state index >= 15 is 0 Å². The van der Waals surface area contributed by atoms with Gasteiger partial charge in [-0.3, -0.25) is 4.99 Å². The number of para-hydroxylation sites is 1. The molecular weight excluding hydrogens is 527 g/mol. The van der Waals surface area contributed by atoms with Gasteiger partial charge in [0, 0.05) is 18.8 Å². The van der Waals surface area contributed by atoms with Crippen molar-refractivity contribution in [3.63, 3.8) is 0 Å². The monoisotopic (exact) mass is 550 g/mol. The van der Waals surface area contributed by atoms with Gasteiger partial charge in [0.1, 0.15) is 5.76 Å². The number of anilines is 1. The summed E-state index contributed by atoms with van der Waals surface area (Å²) in [4.78, 5) is 8.90. The first kappa shape index (κ1) is 22.9. The van der Waals surface area contributed by atoms with Gasteiger partial charge < -0.3 is 24.5 Å². The van der Waals surface area contributed by atoms with E-state index in [-0.39, 0.29) is 24.0 Å². The number of rotatable bonds is 6. The van der Waals surface area contributed by atoms with Gasteiger partial charge in [0.2, 0.25) is 0 Å². The summed E-state index contributed by atoms with van der Waals surface area (Å²) in [6.07, 6.45) is 0. The topological polar surface area (TPSA) is 80.9 Å². The minimum atomic E-state index is 0. The lowest BCUT2D eigenvalue weighted by atomic mass is 10.3. The molecule has 9 heteroatoms. The minimum absolute atomic E-state index is 0. The molecule has 7 nitrogen and oxygen atoms in total. The fourth-order valence-electron chi connectivity index (χ4n) is 2.97. The number of hydrogen-bond acceptors (Lipinski definition) is 6. The summed E-state index contributed by atoms with van der Waals surface area (Å²) in [5.74, 6) is 3.48. The Bertz CT molecular complexity index is 1160. The highest BCUT2D eigenvalue weighted by Gasteiger charge is 2.11. The number of halogens is 1. The third-order valence-electron chi connectivity index (χ3n) is 4.47. The van der Waals surface area contributed by atoms with E-state index in [0.717, 1.165) is 32.4 Å². The van der Waals surface area contributed by atoms with Gasteiger partial charge in [0.25, 0.3) is 0 Å². The Kier molecular flexibility index (Phi) is 7.75. The van der Waals surface area contributed by atoms with E-state index in [4.69, 9.17) is 13.9 Å². The zero-order chi connectivity index (χ0) is 20.9. The molecular formula is C22H23IN4O3S. The van der Waals surface area contributed by atoms with E-state index in [1.54, 1.807) is 32.6 Å². The van der Waals surface area contributed by atoms with Crippen molar-refractivity contribution in [1.29, 1.82) is 0 Å². The van der Waals surface area contributed by atoms with Crippen molar-refractivity contribution in [2.45, 2.75) is 6.54 Å². The van der Waals surface area contributed by atoms with Crippen molar-refractivity contribution in [2.75, 3.05) is 26.6 Å². The standard InChI is InChI=1S/C22H22N4O3S.HI/c1-23-22(25-14-8-10-17(27-2)19(12-14)28-3)24-13-15-9-11-18(29-15)21-26-16-6-4-5-7-20(16)30-21;/h4-12H,13H2,1-3H3,(H2,23,24,25);1H. The molecule has 0 spiro atoms. The summed E-state index contributed by atoms with van der Waals surface area (Å²) < 4.78 is 17.7. The molecule has 2 aromatic carbocycles. The van der Waals surface area contributed by atoms with Crippen LogP contribution < -0.4 is 20.1 Å². The molecule has 31 heavy (non-hydrogen) atoms. The molecule has 4 aromatic rings. The fourth-order valence-corrected chi connectivity index (χ4v) is 3.89. The maximum atomic E-state index is 5.98. The number of hydrogen-bond donors (Lipinski definition) is 2. The largest absolute Gasteiger partial charge is 0.493 e. The molecule has 0 aliphatic heterocycles. The lowest BCUT2D eigenvalue weighted by Crippen LogP contribution is -2.30. The molecule has 0 atom stereocenters. The summed E-state index contributed by atoms with van der Waals surface area (Å²) in [5, 5.41) is 7.35. The van der Waals surface area contributed by atoms with Crippen LogP contribution in [0.15, 0.2) is 64.0 Å². The second-order valence-electron chi connectivity index (χ2n) is 6.37. The van der Waals surface area contributed by atoms with Crippen LogP contribution in [0, 0.1) is 0 Å². The Morgan fingerprint density at radius 2 is 1.87 bits per heavy atom. The predicted molar refractivity (Wildman–Crippen MR) is 136 cm³/mol. The second kappa shape index (κ2) is 10.5. The Morgan fingerprint density at radius 1 is 1.06 bits per heavy atom. The van der Waals surface area contributed by atoms with Crippen LogP contribution in [0.3, 0.4) is 0 Å². The highest BCUT2D eigenvalue weighted by Crippen LogP contribution is 2.31. The molecule has 0 aliphatic rings. The predicted octanol–water partition coefficient (Wildman–Crippen LogP) is 5.38. The first-order valence-corrected chi connectivity index (χ1v) is 10.2. The smallest absolute Gasteiger partial charge is 0.195 e. The fraction of sp³-hybridized carbons (Fsp3) is 0.182. The summed E-state index contributed by atoms with van der Waals surface area (Å²) in [7, 11) is 4.93. The van der Waals surface area contributed by atoms with Crippen molar-refractivity contribution in [3.05, 3.63) is 60.4 Å². The van der Waals surface area contributed by atoms with Crippen molar-refractivity contribution in [3.8, 4) is 22.3 Å². The van der Waals surface area contributed by atoms with Crippen LogP contribution in [-0.2, 0) is 6.54 Å². The van der Waals surface area contributed by atoms with Crippen molar-refractivity contribution >= 4 is 57.2 Å². The van der Waals surface area contributed by atoms with Gasteiger partial charge >= 0.3 is 0 Å². The molecule has 0 fully saturated rings. The Morgan fingerprint density at radius 3 is 2.61 bits per heavy atom. The molecule has 0 bridgehead atoms. The molecule has 0 radical (unpaired) electrons. The lowest BCUT2D eigenvalue weighted by molar-refractivity contribution is 0.355. The maximum Gasteiger partial charge on any atom is 0.195 e. The lowest BCUT2D eigenvalue weighted by Gasteiger charge is -2.13. The number of guanidine groups is 1. The van der Waals surface area contributed by atoms with E-state index in [9.17, 15) is 0 Å². The maximum absolute atomic E-state index is 5.98. The van der Waals surface area contributed by atoms with E-state index in [0.29, 0.717) is 24.0 Å². The summed E-state index contributed by atoms with van der Waals surface area (Å²) >= 11 is 1.62. The number of furan rings is 1. The number of benzene rings is 2. The van der Waals surface area contributed by atoms with Crippen LogP contribution in [-0.4, -0.2) is 32.2 Å². The number of aliphatic imine (C=N–C) groups is 1. The van der Waals surface area contributed by atoms with Gasteiger partial charge in [-0.25, -0.2) is 4.98 Å². The molecule has 0 unspecified atom stereocenters. The Hall–Kier alpha value is -2.79. The third-order valence-corrected chi connectivity index (χ3v) is 5.52. The molecule has 0 saturated carbocycles. The van der Waals surface area contributed by atoms with Crippen molar-refractivity contribution in [1.82, 2.24) is 10.3 Å². The van der Waals surface area contributed by atoms with Gasteiger partial charge in [-0.15, -0.1) is 35.3 Å². The van der Waals surface area contributed by atoms with Crippen LogP contribution in [0.25, 0.3) is 21.0 Å². The van der Waals surface area contributed by atoms with Gasteiger partial charge in [-0.2, -0.15) is 0 Å².